The number of rotatable bonds is 12. The Kier molecular flexibility index (Phi) is 10.7. The zero-order valence-electron chi connectivity index (χ0n) is 28.3. The van der Waals surface area contributed by atoms with Crippen LogP contribution < -0.4 is 14.4 Å². The zero-order valence-corrected chi connectivity index (χ0v) is 28.3. The first-order valence-corrected chi connectivity index (χ1v) is 17.2. The first-order chi connectivity index (χ1) is 23.7. The van der Waals surface area contributed by atoms with Crippen molar-refractivity contribution in [3.05, 3.63) is 89.9 Å². The normalized spacial score (nSPS) is 21.3. The fourth-order valence-electron chi connectivity index (χ4n) is 6.90. The second-order valence-electron chi connectivity index (χ2n) is 13.3. The Hall–Kier alpha value is -4.63. The van der Waals surface area contributed by atoms with Gasteiger partial charge in [-0.25, -0.2) is 9.29 Å². The van der Waals surface area contributed by atoms with Gasteiger partial charge in [-0.2, -0.15) is 0 Å². The monoisotopic (exact) mass is 666 g/mol. The molecule has 9 heteroatoms. The number of imide groups is 1. The van der Waals surface area contributed by atoms with Gasteiger partial charge in [-0.05, 0) is 88.0 Å². The predicted octanol–water partition coefficient (Wildman–Crippen LogP) is 8.55. The Labute approximate surface area is 286 Å². The van der Waals surface area contributed by atoms with Crippen molar-refractivity contribution in [3.8, 4) is 17.2 Å². The number of fused-ring (bicyclic) bond motifs is 1. The molecule has 1 aromatic heterocycles. The van der Waals surface area contributed by atoms with E-state index in [1.54, 1.807) is 31.3 Å². The van der Waals surface area contributed by atoms with E-state index >= 15 is 4.39 Å². The van der Waals surface area contributed by atoms with E-state index in [4.69, 9.17) is 14.2 Å². The van der Waals surface area contributed by atoms with Crippen molar-refractivity contribution in [1.82, 2.24) is 4.98 Å². The van der Waals surface area contributed by atoms with Crippen LogP contribution >= 0.6 is 0 Å². The minimum absolute atomic E-state index is 0.0985. The van der Waals surface area contributed by atoms with E-state index in [0.29, 0.717) is 52.5 Å². The lowest BCUT2D eigenvalue weighted by Crippen LogP contribution is -2.45. The maximum absolute atomic E-state index is 15.6. The van der Waals surface area contributed by atoms with Gasteiger partial charge in [0.25, 0.3) is 5.91 Å². The first-order valence-electron chi connectivity index (χ1n) is 17.2. The SMILES string of the molecule is CC(=O)c1cc2c(Oc3ccc(N4C(=O)C=C(C)[C@@H](CC5C=CC=CC5C)C4=O)cc3F)ccnc2cc1OCCCCC1CCOCC1. The zero-order chi connectivity index (χ0) is 34.5. The van der Waals surface area contributed by atoms with E-state index in [0.717, 1.165) is 56.3 Å². The third-order valence-corrected chi connectivity index (χ3v) is 9.89. The van der Waals surface area contributed by atoms with Crippen LogP contribution in [0.4, 0.5) is 10.1 Å². The van der Waals surface area contributed by atoms with E-state index in [1.807, 2.05) is 12.2 Å². The molecule has 1 aliphatic carbocycles. The van der Waals surface area contributed by atoms with Gasteiger partial charge in [0.2, 0.25) is 5.91 Å². The summed E-state index contributed by atoms with van der Waals surface area (Å²) in [6, 6.07) is 9.03. The minimum atomic E-state index is -0.743. The maximum Gasteiger partial charge on any atom is 0.257 e. The Bertz CT molecular complexity index is 1820. The molecule has 0 N–H and O–H groups in total. The third kappa shape index (κ3) is 7.83. The van der Waals surface area contributed by atoms with Crippen LogP contribution in [0.15, 0.2) is 78.5 Å². The van der Waals surface area contributed by atoms with Crippen LogP contribution in [0.5, 0.6) is 17.2 Å². The van der Waals surface area contributed by atoms with Gasteiger partial charge >= 0.3 is 0 Å². The number of Topliss-reactive ketones (excluding diaryl/α,β-unsaturated/α-hetero) is 1. The van der Waals surface area contributed by atoms with E-state index in [-0.39, 0.29) is 35.0 Å². The summed E-state index contributed by atoms with van der Waals surface area (Å²) in [6.07, 6.45) is 17.0. The van der Waals surface area contributed by atoms with Crippen LogP contribution in [0, 0.1) is 29.5 Å². The second kappa shape index (κ2) is 15.3. The van der Waals surface area contributed by atoms with Crippen molar-refractivity contribution >= 4 is 34.2 Å². The second-order valence-corrected chi connectivity index (χ2v) is 13.3. The van der Waals surface area contributed by atoms with Crippen molar-refractivity contribution in [2.75, 3.05) is 24.7 Å². The largest absolute Gasteiger partial charge is 0.493 e. The van der Waals surface area contributed by atoms with Gasteiger partial charge in [0, 0.05) is 43.0 Å². The quantitative estimate of drug-likeness (QED) is 0.109. The number of nitrogens with zero attached hydrogens (tertiary/aromatic N) is 2. The van der Waals surface area contributed by atoms with Crippen LogP contribution in [-0.4, -0.2) is 42.4 Å². The number of ether oxygens (including phenoxy) is 3. The molecule has 49 heavy (non-hydrogen) atoms. The number of allylic oxidation sites excluding steroid dienone is 4. The molecule has 8 nitrogen and oxygen atoms in total. The summed E-state index contributed by atoms with van der Waals surface area (Å²) in [4.78, 5) is 44.8. The van der Waals surface area contributed by atoms with Gasteiger partial charge in [-0.15, -0.1) is 0 Å². The van der Waals surface area contributed by atoms with Crippen LogP contribution in [-0.2, 0) is 14.3 Å². The van der Waals surface area contributed by atoms with Gasteiger partial charge < -0.3 is 14.2 Å². The summed E-state index contributed by atoms with van der Waals surface area (Å²) >= 11 is 0. The van der Waals surface area contributed by atoms with E-state index in [1.165, 1.54) is 25.1 Å². The molecule has 2 aromatic carbocycles. The predicted molar refractivity (Wildman–Crippen MR) is 186 cm³/mol. The molecular weight excluding hydrogens is 623 g/mol. The fourth-order valence-corrected chi connectivity index (χ4v) is 6.90. The highest BCUT2D eigenvalue weighted by Crippen LogP contribution is 2.38. The summed E-state index contributed by atoms with van der Waals surface area (Å²) < 4.78 is 33.2. The molecule has 1 fully saturated rings. The molecule has 6 rings (SSSR count). The highest BCUT2D eigenvalue weighted by Gasteiger charge is 2.37. The number of pyridine rings is 1. The molecule has 3 atom stereocenters. The Balaban J connectivity index is 1.17. The van der Waals surface area contributed by atoms with Gasteiger partial charge in [0.05, 0.1) is 29.3 Å². The van der Waals surface area contributed by atoms with Crippen molar-refractivity contribution in [2.24, 2.45) is 23.7 Å². The molecule has 0 spiro atoms. The molecule has 256 valence electrons. The number of carbonyl (C=O) groups excluding carboxylic acids is 3. The number of hydrogen-bond donors (Lipinski definition) is 0. The number of aromatic nitrogens is 1. The standard InChI is InChI=1S/C40H43FN2O6/c1-25-8-4-5-10-29(25)21-31-26(2)20-39(45)43(40(31)46)30-11-12-37(34(41)22-30)49-36-13-16-42-35-24-38(32(27(3)44)23-33(35)36)48-17-7-6-9-28-14-18-47-19-15-28/h4-5,8,10-13,16,20,22-25,28-29,31H,6-7,9,14-15,17-19,21H2,1-3H3/t25?,29?,31-/m1/s1. The number of halogens is 1. The van der Waals surface area contributed by atoms with Gasteiger partial charge in [0.15, 0.2) is 17.3 Å². The molecule has 1 saturated heterocycles. The molecule has 3 aliphatic rings. The minimum Gasteiger partial charge on any atom is -0.493 e. The smallest absolute Gasteiger partial charge is 0.257 e. The number of unbranched alkanes of at least 4 members (excludes halogenated alkanes) is 1. The van der Waals surface area contributed by atoms with E-state index < -0.39 is 17.6 Å². The lowest BCUT2D eigenvalue weighted by Gasteiger charge is -2.33. The number of anilines is 1. The Morgan fingerprint density at radius 3 is 2.57 bits per heavy atom. The van der Waals surface area contributed by atoms with Gasteiger partial charge in [-0.3, -0.25) is 19.4 Å². The van der Waals surface area contributed by atoms with Gasteiger partial charge in [0.1, 0.15) is 11.5 Å². The number of ketones is 1. The molecule has 2 unspecified atom stereocenters. The van der Waals surface area contributed by atoms with Crippen molar-refractivity contribution in [3.63, 3.8) is 0 Å². The maximum atomic E-state index is 15.6. The first kappa shape index (κ1) is 34.2. The highest BCUT2D eigenvalue weighted by atomic mass is 19.1. The van der Waals surface area contributed by atoms with Crippen LogP contribution in [0.2, 0.25) is 0 Å². The van der Waals surface area contributed by atoms with E-state index in [2.05, 4.69) is 24.1 Å². The Morgan fingerprint density at radius 2 is 1.82 bits per heavy atom. The lowest BCUT2D eigenvalue weighted by molar-refractivity contribution is -0.127. The summed E-state index contributed by atoms with van der Waals surface area (Å²) in [7, 11) is 0. The average molecular weight is 667 g/mol. The van der Waals surface area contributed by atoms with Gasteiger partial charge in [-0.1, -0.05) is 43.2 Å². The lowest BCUT2D eigenvalue weighted by atomic mass is 9.79. The summed E-state index contributed by atoms with van der Waals surface area (Å²) in [5.74, 6) is -0.522. The number of carbonyl (C=O) groups is 3. The van der Waals surface area contributed by atoms with Crippen LogP contribution in [0.25, 0.3) is 10.9 Å². The van der Waals surface area contributed by atoms with Crippen molar-refractivity contribution in [2.45, 2.75) is 59.3 Å². The van der Waals surface area contributed by atoms with Crippen molar-refractivity contribution < 1.29 is 33.0 Å². The Morgan fingerprint density at radius 1 is 1.02 bits per heavy atom. The summed E-state index contributed by atoms with van der Waals surface area (Å²) in [5, 5.41) is 0.522. The molecule has 0 bridgehead atoms. The molecule has 3 aromatic rings. The topological polar surface area (TPSA) is 95.0 Å². The van der Waals surface area contributed by atoms with Crippen LogP contribution in [0.3, 0.4) is 0 Å². The molecule has 3 heterocycles. The summed E-state index contributed by atoms with van der Waals surface area (Å²) in [6.45, 7) is 7.53. The van der Waals surface area contributed by atoms with Crippen molar-refractivity contribution in [1.29, 1.82) is 0 Å². The summed E-state index contributed by atoms with van der Waals surface area (Å²) in [5.41, 5.74) is 1.76. The molecular formula is C40H43FN2O6. The third-order valence-electron chi connectivity index (χ3n) is 9.89. The molecule has 2 amide bonds. The molecule has 0 saturated carbocycles. The number of hydrogen-bond acceptors (Lipinski definition) is 7. The number of benzene rings is 2. The van der Waals surface area contributed by atoms with E-state index in [9.17, 15) is 14.4 Å². The molecule has 2 aliphatic heterocycles. The fraction of sp³-hybridized carbons (Fsp3) is 0.400. The average Bonchev–Trinajstić information content (AvgIpc) is 3.08. The highest BCUT2D eigenvalue weighted by molar-refractivity contribution is 6.22. The number of amides is 2. The van der Waals surface area contributed by atoms with Crippen LogP contribution in [0.1, 0.15) is 69.7 Å². The molecule has 0 radical (unpaired) electrons.